The molecule has 1 rings (SSSR count). The molecule has 2 N–H and O–H groups in total. The van der Waals surface area contributed by atoms with E-state index in [0.717, 1.165) is 25.0 Å². The summed E-state index contributed by atoms with van der Waals surface area (Å²) in [6.07, 6.45) is 3.24. The number of ether oxygens (including phenoxy) is 1. The summed E-state index contributed by atoms with van der Waals surface area (Å²) in [5, 5.41) is 0. The van der Waals surface area contributed by atoms with Crippen molar-refractivity contribution >= 4 is 5.82 Å². The molecule has 0 aliphatic carbocycles. The maximum Gasteiger partial charge on any atom is 0.156 e. The highest BCUT2D eigenvalue weighted by atomic mass is 16.5. The molecule has 4 nitrogen and oxygen atoms in total. The van der Waals surface area contributed by atoms with Crippen LogP contribution in [0.2, 0.25) is 0 Å². The fourth-order valence-corrected chi connectivity index (χ4v) is 1.25. The van der Waals surface area contributed by atoms with Gasteiger partial charge in [-0.05, 0) is 12.8 Å². The average molecular weight is 195 g/mol. The summed E-state index contributed by atoms with van der Waals surface area (Å²) in [4.78, 5) is 8.42. The monoisotopic (exact) mass is 195 g/mol. The van der Waals surface area contributed by atoms with Crippen LogP contribution in [0.1, 0.15) is 31.3 Å². The van der Waals surface area contributed by atoms with Gasteiger partial charge < -0.3 is 10.5 Å². The van der Waals surface area contributed by atoms with E-state index in [1.165, 1.54) is 0 Å². The minimum atomic E-state index is 0.421. The van der Waals surface area contributed by atoms with Gasteiger partial charge in [0.25, 0.3) is 0 Å². The number of aryl methyl sites for hydroxylation is 1. The second-order valence-electron chi connectivity index (χ2n) is 3.24. The maximum atomic E-state index is 5.65. The van der Waals surface area contributed by atoms with Gasteiger partial charge in [0.1, 0.15) is 12.4 Å². The van der Waals surface area contributed by atoms with Crippen molar-refractivity contribution in [3.63, 3.8) is 0 Å². The Hall–Kier alpha value is -1.16. The van der Waals surface area contributed by atoms with Crippen molar-refractivity contribution in [1.29, 1.82) is 0 Å². The molecule has 4 heteroatoms. The van der Waals surface area contributed by atoms with E-state index >= 15 is 0 Å². The third-order valence-electron chi connectivity index (χ3n) is 1.91. The van der Waals surface area contributed by atoms with Crippen LogP contribution in [-0.4, -0.2) is 17.1 Å². The number of aromatic nitrogens is 2. The highest BCUT2D eigenvalue weighted by Crippen LogP contribution is 2.07. The van der Waals surface area contributed by atoms with Crippen LogP contribution < -0.4 is 5.73 Å². The topological polar surface area (TPSA) is 61.0 Å². The van der Waals surface area contributed by atoms with Crippen LogP contribution in [-0.2, 0) is 17.8 Å². The van der Waals surface area contributed by atoms with Crippen LogP contribution in [0.25, 0.3) is 0 Å². The molecule has 0 aliphatic rings. The van der Waals surface area contributed by atoms with Crippen molar-refractivity contribution in [3.05, 3.63) is 17.6 Å². The van der Waals surface area contributed by atoms with Crippen LogP contribution in [0.15, 0.2) is 6.07 Å². The van der Waals surface area contributed by atoms with Crippen molar-refractivity contribution in [2.75, 3.05) is 12.8 Å². The molecule has 0 amide bonds. The Balaban J connectivity index is 2.73. The van der Waals surface area contributed by atoms with Crippen LogP contribution in [0.3, 0.4) is 0 Å². The van der Waals surface area contributed by atoms with Gasteiger partial charge in [-0.15, -0.1) is 0 Å². The zero-order valence-corrected chi connectivity index (χ0v) is 8.79. The summed E-state index contributed by atoms with van der Waals surface area (Å²) in [6.45, 7) is 2.57. The molecule has 0 spiro atoms. The largest absolute Gasteiger partial charge is 0.384 e. The molecule has 1 aromatic heterocycles. The maximum absolute atomic E-state index is 5.65. The number of hydrogen-bond donors (Lipinski definition) is 1. The molecule has 0 aliphatic heterocycles. The summed E-state index contributed by atoms with van der Waals surface area (Å²) in [5.74, 6) is 1.19. The summed E-state index contributed by atoms with van der Waals surface area (Å²) in [5.41, 5.74) is 6.66. The molecule has 1 heterocycles. The van der Waals surface area contributed by atoms with E-state index < -0.39 is 0 Å². The molecule has 0 fully saturated rings. The van der Waals surface area contributed by atoms with E-state index in [1.54, 1.807) is 7.11 Å². The standard InChI is InChI=1S/C10H17N3O/c1-3-4-5-8-6-9(11)13-10(12-8)7-14-2/h6H,3-5,7H2,1-2H3,(H2,11,12,13). The second-order valence-corrected chi connectivity index (χ2v) is 3.24. The van der Waals surface area contributed by atoms with Crippen LogP contribution in [0, 0.1) is 0 Å². The molecule has 78 valence electrons. The van der Waals surface area contributed by atoms with Crippen molar-refractivity contribution < 1.29 is 4.74 Å². The molecule has 1 aromatic rings. The molecule has 0 radical (unpaired) electrons. The second kappa shape index (κ2) is 5.54. The molecule has 14 heavy (non-hydrogen) atoms. The lowest BCUT2D eigenvalue weighted by atomic mass is 10.2. The lowest BCUT2D eigenvalue weighted by Crippen LogP contribution is -2.04. The number of unbranched alkanes of at least 4 members (excludes halogenated alkanes) is 1. The first kappa shape index (κ1) is 10.9. The number of anilines is 1. The fourth-order valence-electron chi connectivity index (χ4n) is 1.25. The van der Waals surface area contributed by atoms with Gasteiger partial charge in [0.05, 0.1) is 0 Å². The van der Waals surface area contributed by atoms with Crippen molar-refractivity contribution in [3.8, 4) is 0 Å². The summed E-state index contributed by atoms with van der Waals surface area (Å²) in [7, 11) is 1.62. The van der Waals surface area contributed by atoms with E-state index in [-0.39, 0.29) is 0 Å². The zero-order chi connectivity index (χ0) is 10.4. The lowest BCUT2D eigenvalue weighted by molar-refractivity contribution is 0.177. The number of nitrogen functional groups attached to an aromatic ring is 1. The first-order chi connectivity index (χ1) is 6.76. The third kappa shape index (κ3) is 3.30. The van der Waals surface area contributed by atoms with Gasteiger partial charge in [-0.25, -0.2) is 9.97 Å². The Bertz CT molecular complexity index is 289. The summed E-state index contributed by atoms with van der Waals surface area (Å²) in [6, 6.07) is 1.83. The SMILES string of the molecule is CCCCc1cc(N)nc(COC)n1. The van der Waals surface area contributed by atoms with Gasteiger partial charge >= 0.3 is 0 Å². The number of hydrogen-bond acceptors (Lipinski definition) is 4. The van der Waals surface area contributed by atoms with E-state index in [2.05, 4.69) is 16.9 Å². The first-order valence-corrected chi connectivity index (χ1v) is 4.87. The fraction of sp³-hybridized carbons (Fsp3) is 0.600. The lowest BCUT2D eigenvalue weighted by Gasteiger charge is -2.04. The van der Waals surface area contributed by atoms with Gasteiger partial charge in [0.15, 0.2) is 5.82 Å². The molecular weight excluding hydrogens is 178 g/mol. The van der Waals surface area contributed by atoms with E-state index in [9.17, 15) is 0 Å². The van der Waals surface area contributed by atoms with Crippen molar-refractivity contribution in [2.45, 2.75) is 32.8 Å². The van der Waals surface area contributed by atoms with Crippen LogP contribution in [0.4, 0.5) is 5.82 Å². The van der Waals surface area contributed by atoms with Gasteiger partial charge in [-0.2, -0.15) is 0 Å². The molecule has 0 saturated carbocycles. The van der Waals surface area contributed by atoms with E-state index in [1.807, 2.05) is 6.07 Å². The number of nitrogens with zero attached hydrogens (tertiary/aromatic N) is 2. The Morgan fingerprint density at radius 1 is 1.43 bits per heavy atom. The number of methoxy groups -OCH3 is 1. The van der Waals surface area contributed by atoms with Gasteiger partial charge in [-0.1, -0.05) is 13.3 Å². The van der Waals surface area contributed by atoms with Crippen molar-refractivity contribution in [1.82, 2.24) is 9.97 Å². The molecule has 0 aromatic carbocycles. The molecule has 0 atom stereocenters. The zero-order valence-electron chi connectivity index (χ0n) is 8.79. The minimum Gasteiger partial charge on any atom is -0.384 e. The van der Waals surface area contributed by atoms with Gasteiger partial charge in [0, 0.05) is 18.9 Å². The highest BCUT2D eigenvalue weighted by Gasteiger charge is 2.01. The normalized spacial score (nSPS) is 10.4. The molecule has 0 unspecified atom stereocenters. The van der Waals surface area contributed by atoms with Gasteiger partial charge in [0.2, 0.25) is 0 Å². The van der Waals surface area contributed by atoms with Gasteiger partial charge in [-0.3, -0.25) is 0 Å². The molecule has 0 saturated heterocycles. The molecular formula is C10H17N3O. The predicted octanol–water partition coefficient (Wildman–Crippen LogP) is 1.55. The quantitative estimate of drug-likeness (QED) is 0.774. The Morgan fingerprint density at radius 2 is 2.21 bits per heavy atom. The Labute approximate surface area is 84.5 Å². The van der Waals surface area contributed by atoms with Crippen molar-refractivity contribution in [2.24, 2.45) is 0 Å². The van der Waals surface area contributed by atoms with Crippen LogP contribution in [0.5, 0.6) is 0 Å². The summed E-state index contributed by atoms with van der Waals surface area (Å²) < 4.78 is 4.96. The number of rotatable bonds is 5. The Kier molecular flexibility index (Phi) is 4.32. The third-order valence-corrected chi connectivity index (χ3v) is 1.91. The number of nitrogens with two attached hydrogens (primary N) is 1. The van der Waals surface area contributed by atoms with E-state index in [0.29, 0.717) is 18.2 Å². The smallest absolute Gasteiger partial charge is 0.156 e. The summed E-state index contributed by atoms with van der Waals surface area (Å²) >= 11 is 0. The first-order valence-electron chi connectivity index (χ1n) is 4.87. The minimum absolute atomic E-state index is 0.421. The highest BCUT2D eigenvalue weighted by molar-refractivity contribution is 5.29. The van der Waals surface area contributed by atoms with E-state index in [4.69, 9.17) is 10.5 Å². The van der Waals surface area contributed by atoms with Crippen LogP contribution >= 0.6 is 0 Å². The predicted molar refractivity (Wildman–Crippen MR) is 55.8 cm³/mol. The average Bonchev–Trinajstić information content (AvgIpc) is 2.14. The molecule has 0 bridgehead atoms. The Morgan fingerprint density at radius 3 is 2.86 bits per heavy atom.